The summed E-state index contributed by atoms with van der Waals surface area (Å²) >= 11 is 6.07. The van der Waals surface area contributed by atoms with E-state index in [0.717, 1.165) is 29.0 Å². The van der Waals surface area contributed by atoms with Crippen molar-refractivity contribution in [2.45, 2.75) is 26.1 Å². The molecular formula is C17H17ClN2. The summed E-state index contributed by atoms with van der Waals surface area (Å²) < 4.78 is 2.15. The summed E-state index contributed by atoms with van der Waals surface area (Å²) in [6.45, 7) is 4.26. The standard InChI is InChI=1S/C17H17ClN2/c1-3-13-5-7-14(8-6-13)20-16-10-12(2)4-9-15(16)19-17(20)11-18/h4-10H,3,11H2,1-2H3. The van der Waals surface area contributed by atoms with Gasteiger partial charge in [0.15, 0.2) is 0 Å². The predicted octanol–water partition coefficient (Wildman–Crippen LogP) is 4.64. The highest BCUT2D eigenvalue weighted by atomic mass is 35.5. The molecule has 3 rings (SSSR count). The van der Waals surface area contributed by atoms with E-state index in [2.05, 4.69) is 65.9 Å². The monoisotopic (exact) mass is 284 g/mol. The Labute approximate surface area is 124 Å². The lowest BCUT2D eigenvalue weighted by Crippen LogP contribution is -1.99. The maximum absolute atomic E-state index is 6.07. The van der Waals surface area contributed by atoms with Gasteiger partial charge in [-0.25, -0.2) is 4.98 Å². The van der Waals surface area contributed by atoms with Crippen LogP contribution < -0.4 is 0 Å². The maximum atomic E-state index is 6.07. The molecule has 0 aliphatic heterocycles. The zero-order valence-electron chi connectivity index (χ0n) is 11.7. The smallest absolute Gasteiger partial charge is 0.129 e. The first-order chi connectivity index (χ1) is 9.72. The number of imidazole rings is 1. The number of nitrogens with zero attached hydrogens (tertiary/aromatic N) is 2. The lowest BCUT2D eigenvalue weighted by atomic mass is 10.1. The van der Waals surface area contributed by atoms with Crippen LogP contribution in [-0.2, 0) is 12.3 Å². The Balaban J connectivity index is 2.24. The molecule has 3 aromatic rings. The molecule has 0 aliphatic carbocycles. The van der Waals surface area contributed by atoms with Crippen molar-refractivity contribution in [1.29, 1.82) is 0 Å². The average Bonchev–Trinajstić information content (AvgIpc) is 2.85. The molecule has 0 saturated carbocycles. The topological polar surface area (TPSA) is 17.8 Å². The van der Waals surface area contributed by atoms with Gasteiger partial charge in [-0.15, -0.1) is 11.6 Å². The van der Waals surface area contributed by atoms with Crippen molar-refractivity contribution in [3.63, 3.8) is 0 Å². The minimum atomic E-state index is 0.406. The Bertz CT molecular complexity index is 742. The van der Waals surface area contributed by atoms with Crippen molar-refractivity contribution in [3.8, 4) is 5.69 Å². The number of hydrogen-bond acceptors (Lipinski definition) is 1. The first-order valence-corrected chi connectivity index (χ1v) is 7.39. The van der Waals surface area contributed by atoms with E-state index in [4.69, 9.17) is 11.6 Å². The summed E-state index contributed by atoms with van der Waals surface area (Å²) in [7, 11) is 0. The normalized spacial score (nSPS) is 11.2. The molecule has 0 radical (unpaired) electrons. The minimum Gasteiger partial charge on any atom is -0.295 e. The van der Waals surface area contributed by atoms with E-state index < -0.39 is 0 Å². The fraction of sp³-hybridized carbons (Fsp3) is 0.235. The molecule has 20 heavy (non-hydrogen) atoms. The van der Waals surface area contributed by atoms with Crippen LogP contribution in [0.4, 0.5) is 0 Å². The second-order valence-corrected chi connectivity index (χ2v) is 5.28. The van der Waals surface area contributed by atoms with Crippen molar-refractivity contribution in [2.75, 3.05) is 0 Å². The highest BCUT2D eigenvalue weighted by molar-refractivity contribution is 6.17. The van der Waals surface area contributed by atoms with Crippen molar-refractivity contribution in [3.05, 3.63) is 59.4 Å². The molecule has 0 aliphatic rings. The van der Waals surface area contributed by atoms with E-state index in [0.29, 0.717) is 5.88 Å². The quantitative estimate of drug-likeness (QED) is 0.641. The van der Waals surface area contributed by atoms with Gasteiger partial charge in [-0.2, -0.15) is 0 Å². The van der Waals surface area contributed by atoms with Gasteiger partial charge in [-0.3, -0.25) is 4.57 Å². The van der Waals surface area contributed by atoms with Crippen molar-refractivity contribution < 1.29 is 0 Å². The summed E-state index contributed by atoms with van der Waals surface area (Å²) in [5.41, 5.74) is 5.79. The molecule has 0 amide bonds. The molecule has 0 bridgehead atoms. The number of rotatable bonds is 3. The van der Waals surface area contributed by atoms with Gasteiger partial charge in [-0.05, 0) is 48.7 Å². The van der Waals surface area contributed by atoms with Gasteiger partial charge in [0.05, 0.1) is 16.9 Å². The molecule has 2 nitrogen and oxygen atoms in total. The highest BCUT2D eigenvalue weighted by Crippen LogP contribution is 2.24. The van der Waals surface area contributed by atoms with Crippen molar-refractivity contribution in [1.82, 2.24) is 9.55 Å². The van der Waals surface area contributed by atoms with Gasteiger partial charge in [0, 0.05) is 5.69 Å². The molecular weight excluding hydrogens is 268 g/mol. The Morgan fingerprint density at radius 1 is 1.10 bits per heavy atom. The number of benzene rings is 2. The fourth-order valence-corrected chi connectivity index (χ4v) is 2.67. The van der Waals surface area contributed by atoms with Crippen LogP contribution in [0.3, 0.4) is 0 Å². The van der Waals surface area contributed by atoms with Gasteiger partial charge < -0.3 is 0 Å². The van der Waals surface area contributed by atoms with Gasteiger partial charge in [0.25, 0.3) is 0 Å². The lowest BCUT2D eigenvalue weighted by Gasteiger charge is -2.09. The third-order valence-electron chi connectivity index (χ3n) is 3.60. The fourth-order valence-electron chi connectivity index (χ4n) is 2.49. The Kier molecular flexibility index (Phi) is 3.49. The minimum absolute atomic E-state index is 0.406. The van der Waals surface area contributed by atoms with Crippen LogP contribution in [0.5, 0.6) is 0 Å². The largest absolute Gasteiger partial charge is 0.295 e. The van der Waals surface area contributed by atoms with E-state index >= 15 is 0 Å². The summed E-state index contributed by atoms with van der Waals surface area (Å²) in [5, 5.41) is 0. The molecule has 0 spiro atoms. The third-order valence-corrected chi connectivity index (χ3v) is 3.84. The molecule has 0 saturated heterocycles. The van der Waals surface area contributed by atoms with E-state index in [9.17, 15) is 0 Å². The van der Waals surface area contributed by atoms with Crippen molar-refractivity contribution in [2.24, 2.45) is 0 Å². The SMILES string of the molecule is CCc1ccc(-n2c(CCl)nc3ccc(C)cc32)cc1. The van der Waals surface area contributed by atoms with E-state index in [-0.39, 0.29) is 0 Å². The Morgan fingerprint density at radius 2 is 1.85 bits per heavy atom. The summed E-state index contributed by atoms with van der Waals surface area (Å²) in [6.07, 6.45) is 1.05. The van der Waals surface area contributed by atoms with Crippen LogP contribution in [-0.4, -0.2) is 9.55 Å². The van der Waals surface area contributed by atoms with Crippen LogP contribution >= 0.6 is 11.6 Å². The van der Waals surface area contributed by atoms with Crippen LogP contribution in [0.15, 0.2) is 42.5 Å². The first kappa shape index (κ1) is 13.2. The maximum Gasteiger partial charge on any atom is 0.129 e. The highest BCUT2D eigenvalue weighted by Gasteiger charge is 2.11. The average molecular weight is 285 g/mol. The van der Waals surface area contributed by atoms with E-state index in [1.807, 2.05) is 0 Å². The number of hydrogen-bond donors (Lipinski definition) is 0. The first-order valence-electron chi connectivity index (χ1n) is 6.86. The number of halogens is 1. The lowest BCUT2D eigenvalue weighted by molar-refractivity contribution is 0.978. The molecule has 0 N–H and O–H groups in total. The molecule has 0 unspecified atom stereocenters. The van der Waals surface area contributed by atoms with Crippen LogP contribution in [0.2, 0.25) is 0 Å². The van der Waals surface area contributed by atoms with Crippen LogP contribution in [0.1, 0.15) is 23.9 Å². The molecule has 0 atom stereocenters. The van der Waals surface area contributed by atoms with Crippen molar-refractivity contribution >= 4 is 22.6 Å². The predicted molar refractivity (Wildman–Crippen MR) is 84.7 cm³/mol. The molecule has 102 valence electrons. The number of fused-ring (bicyclic) bond motifs is 1. The Hall–Kier alpha value is -1.80. The molecule has 2 aromatic carbocycles. The zero-order valence-corrected chi connectivity index (χ0v) is 12.5. The second-order valence-electron chi connectivity index (χ2n) is 5.01. The van der Waals surface area contributed by atoms with E-state index in [1.54, 1.807) is 0 Å². The molecule has 3 heteroatoms. The summed E-state index contributed by atoms with van der Waals surface area (Å²) in [4.78, 5) is 4.62. The third kappa shape index (κ3) is 2.20. The van der Waals surface area contributed by atoms with Gasteiger partial charge in [0.1, 0.15) is 5.82 Å². The molecule has 1 heterocycles. The van der Waals surface area contributed by atoms with Gasteiger partial charge in [-0.1, -0.05) is 25.1 Å². The second kappa shape index (κ2) is 5.29. The van der Waals surface area contributed by atoms with E-state index in [1.165, 1.54) is 11.1 Å². The summed E-state index contributed by atoms with van der Waals surface area (Å²) in [6, 6.07) is 14.9. The molecule has 1 aromatic heterocycles. The number of alkyl halides is 1. The van der Waals surface area contributed by atoms with Crippen LogP contribution in [0.25, 0.3) is 16.7 Å². The number of aromatic nitrogens is 2. The summed E-state index contributed by atoms with van der Waals surface area (Å²) in [5.74, 6) is 1.29. The van der Waals surface area contributed by atoms with Crippen LogP contribution in [0, 0.1) is 6.92 Å². The van der Waals surface area contributed by atoms with Gasteiger partial charge in [0.2, 0.25) is 0 Å². The van der Waals surface area contributed by atoms with Gasteiger partial charge >= 0.3 is 0 Å². The Morgan fingerprint density at radius 3 is 2.50 bits per heavy atom. The number of aryl methyl sites for hydroxylation is 2. The zero-order chi connectivity index (χ0) is 14.1. The molecule has 0 fully saturated rings.